The molecule has 198 valence electrons. The largest absolute Gasteiger partial charge is 0.327 e. The Morgan fingerprint density at radius 3 is 1.74 bits per heavy atom. The first-order valence-electron chi connectivity index (χ1n) is 13.9. The van der Waals surface area contributed by atoms with Gasteiger partial charge in [-0.1, -0.05) is 78.7 Å². The number of aryl methyl sites for hydroxylation is 1. The van der Waals surface area contributed by atoms with Gasteiger partial charge in [-0.2, -0.15) is 0 Å². The Balaban J connectivity index is 2.86. The van der Waals surface area contributed by atoms with E-state index in [-0.39, 0.29) is 5.92 Å². The van der Waals surface area contributed by atoms with Gasteiger partial charge in [0.2, 0.25) is 0 Å². The lowest BCUT2D eigenvalue weighted by Crippen LogP contribution is -2.47. The molecule has 1 rings (SSSR count). The number of halogens is 2. The topological polar surface area (TPSA) is 27.7 Å². The number of hydrogen-bond donors (Lipinski definition) is 0. The number of ether oxygens (including phenoxy) is 3. The predicted molar refractivity (Wildman–Crippen MR) is 137 cm³/mol. The van der Waals surface area contributed by atoms with Crippen LogP contribution < -0.4 is 0 Å². The lowest BCUT2D eigenvalue weighted by Gasteiger charge is -2.40. The molecule has 0 aromatic heterocycles. The molecule has 0 spiro atoms. The van der Waals surface area contributed by atoms with E-state index in [1.54, 1.807) is 6.07 Å². The Bertz CT molecular complexity index is 602. The van der Waals surface area contributed by atoms with Crippen molar-refractivity contribution in [2.24, 2.45) is 5.92 Å². The van der Waals surface area contributed by atoms with Crippen molar-refractivity contribution < 1.29 is 23.0 Å². The fourth-order valence-corrected chi connectivity index (χ4v) is 4.31. The van der Waals surface area contributed by atoms with Crippen LogP contribution in [-0.4, -0.2) is 25.8 Å². The zero-order chi connectivity index (χ0) is 25.1. The zero-order valence-electron chi connectivity index (χ0n) is 22.3. The molecule has 1 unspecified atom stereocenters. The van der Waals surface area contributed by atoms with Gasteiger partial charge in [0.15, 0.2) is 0 Å². The molecule has 34 heavy (non-hydrogen) atoms. The van der Waals surface area contributed by atoms with Gasteiger partial charge in [-0.15, -0.1) is 0 Å². The van der Waals surface area contributed by atoms with Gasteiger partial charge in [0.25, 0.3) is 5.97 Å². The van der Waals surface area contributed by atoms with Gasteiger partial charge in [0, 0.05) is 12.0 Å². The second-order valence-corrected chi connectivity index (χ2v) is 9.38. The quantitative estimate of drug-likeness (QED) is 0.121. The van der Waals surface area contributed by atoms with Gasteiger partial charge in [0.05, 0.1) is 19.8 Å². The predicted octanol–water partition coefficient (Wildman–Crippen LogP) is 8.98. The lowest BCUT2D eigenvalue weighted by molar-refractivity contribution is -0.406. The first-order valence-corrected chi connectivity index (χ1v) is 13.9. The highest BCUT2D eigenvalue weighted by Gasteiger charge is 2.41. The van der Waals surface area contributed by atoms with Crippen molar-refractivity contribution in [1.29, 1.82) is 0 Å². The highest BCUT2D eigenvalue weighted by molar-refractivity contribution is 5.18. The molecule has 0 aliphatic rings. The van der Waals surface area contributed by atoms with Crippen LogP contribution in [0.3, 0.4) is 0 Å². The maximum atomic E-state index is 14.0. The van der Waals surface area contributed by atoms with Crippen molar-refractivity contribution in [2.75, 3.05) is 19.8 Å². The van der Waals surface area contributed by atoms with Crippen LogP contribution in [0.4, 0.5) is 8.78 Å². The maximum Gasteiger partial charge on any atom is 0.285 e. The van der Waals surface area contributed by atoms with Gasteiger partial charge in [0.1, 0.15) is 11.6 Å². The molecule has 0 aliphatic carbocycles. The molecule has 5 heteroatoms. The standard InChI is InChI=1S/C29H50F2O3/c1-5-9-10-11-12-13-17-26(18-15-14-16-25-19-20-27(30)24-28(25)31)29(32-21-6-2,33-22-7-3)34-23-8-4/h19-20,24,26H,5-18,21-23H2,1-4H3. The minimum atomic E-state index is -1.01. The third-order valence-electron chi connectivity index (χ3n) is 6.19. The van der Waals surface area contributed by atoms with Crippen LogP contribution in [0.1, 0.15) is 117 Å². The summed E-state index contributed by atoms with van der Waals surface area (Å²) in [4.78, 5) is 0. The molecule has 0 saturated heterocycles. The van der Waals surface area contributed by atoms with Gasteiger partial charge < -0.3 is 14.2 Å². The van der Waals surface area contributed by atoms with Crippen LogP contribution in [-0.2, 0) is 20.6 Å². The minimum Gasteiger partial charge on any atom is -0.327 e. The fourth-order valence-electron chi connectivity index (χ4n) is 4.31. The van der Waals surface area contributed by atoms with Gasteiger partial charge in [-0.25, -0.2) is 8.78 Å². The average molecular weight is 485 g/mol. The van der Waals surface area contributed by atoms with E-state index in [1.807, 2.05) is 0 Å². The molecule has 0 N–H and O–H groups in total. The van der Waals surface area contributed by atoms with Gasteiger partial charge >= 0.3 is 0 Å². The fraction of sp³-hybridized carbons (Fsp3) is 0.793. The molecule has 0 radical (unpaired) electrons. The minimum absolute atomic E-state index is 0.126. The summed E-state index contributed by atoms with van der Waals surface area (Å²) in [5, 5.41) is 0. The lowest BCUT2D eigenvalue weighted by atomic mass is 9.91. The smallest absolute Gasteiger partial charge is 0.285 e. The normalized spacial score (nSPS) is 12.9. The molecular weight excluding hydrogens is 434 g/mol. The summed E-state index contributed by atoms with van der Waals surface area (Å²) in [6, 6.07) is 3.86. The summed E-state index contributed by atoms with van der Waals surface area (Å²) in [7, 11) is 0. The molecule has 0 saturated carbocycles. The number of unbranched alkanes of at least 4 members (excludes halogenated alkanes) is 6. The molecule has 0 amide bonds. The first-order chi connectivity index (χ1) is 16.5. The summed E-state index contributed by atoms with van der Waals surface area (Å²) in [5.74, 6) is -1.87. The molecule has 1 aromatic rings. The first kappa shape index (κ1) is 31.0. The third-order valence-corrected chi connectivity index (χ3v) is 6.19. The molecule has 1 atom stereocenters. The van der Waals surface area contributed by atoms with Crippen LogP contribution in [0.5, 0.6) is 0 Å². The summed E-state index contributed by atoms with van der Waals surface area (Å²) < 4.78 is 46.3. The highest BCUT2D eigenvalue weighted by Crippen LogP contribution is 2.35. The SMILES string of the molecule is CCCCCCCCC(CCCCc1ccc(F)cc1F)C(OCCC)(OCCC)OCCC. The molecule has 0 aliphatic heterocycles. The van der Waals surface area contributed by atoms with E-state index in [2.05, 4.69) is 27.7 Å². The van der Waals surface area contributed by atoms with Crippen LogP contribution in [0.2, 0.25) is 0 Å². The Kier molecular flexibility index (Phi) is 17.5. The van der Waals surface area contributed by atoms with Gasteiger partial charge in [-0.05, 0) is 56.6 Å². The molecule has 0 bridgehead atoms. The number of hydrogen-bond acceptors (Lipinski definition) is 3. The highest BCUT2D eigenvalue weighted by atomic mass is 19.1. The van der Waals surface area contributed by atoms with Crippen molar-refractivity contribution in [1.82, 2.24) is 0 Å². The van der Waals surface area contributed by atoms with Crippen molar-refractivity contribution >= 4 is 0 Å². The molecule has 0 heterocycles. The van der Waals surface area contributed by atoms with Crippen molar-refractivity contribution in [3.8, 4) is 0 Å². The Morgan fingerprint density at radius 1 is 0.676 bits per heavy atom. The maximum absolute atomic E-state index is 14.0. The van der Waals surface area contributed by atoms with Crippen molar-refractivity contribution in [3.63, 3.8) is 0 Å². The van der Waals surface area contributed by atoms with Crippen molar-refractivity contribution in [3.05, 3.63) is 35.4 Å². The van der Waals surface area contributed by atoms with E-state index in [0.29, 0.717) is 31.8 Å². The molecule has 1 aromatic carbocycles. The van der Waals surface area contributed by atoms with Crippen LogP contribution in [0.15, 0.2) is 18.2 Å². The summed E-state index contributed by atoms with van der Waals surface area (Å²) in [5.41, 5.74) is 0.576. The second-order valence-electron chi connectivity index (χ2n) is 9.38. The summed E-state index contributed by atoms with van der Waals surface area (Å²) >= 11 is 0. The van der Waals surface area contributed by atoms with E-state index in [9.17, 15) is 8.78 Å². The number of rotatable bonds is 22. The Labute approximate surface area is 207 Å². The van der Waals surface area contributed by atoms with E-state index in [0.717, 1.165) is 57.4 Å². The van der Waals surface area contributed by atoms with E-state index >= 15 is 0 Å². The molecular formula is C29H50F2O3. The monoisotopic (exact) mass is 484 g/mol. The van der Waals surface area contributed by atoms with Crippen LogP contribution in [0.25, 0.3) is 0 Å². The Hall–Kier alpha value is -1.04. The second kappa shape index (κ2) is 19.2. The van der Waals surface area contributed by atoms with Crippen molar-refractivity contribution in [2.45, 2.75) is 124 Å². The zero-order valence-corrected chi connectivity index (χ0v) is 22.3. The summed E-state index contributed by atoms with van der Waals surface area (Å²) in [6.45, 7) is 10.3. The third kappa shape index (κ3) is 12.1. The molecule has 0 fully saturated rings. The van der Waals surface area contributed by atoms with E-state index < -0.39 is 17.6 Å². The Morgan fingerprint density at radius 2 is 1.21 bits per heavy atom. The van der Waals surface area contributed by atoms with E-state index in [1.165, 1.54) is 38.2 Å². The number of benzene rings is 1. The van der Waals surface area contributed by atoms with Crippen LogP contribution >= 0.6 is 0 Å². The van der Waals surface area contributed by atoms with Crippen LogP contribution in [0, 0.1) is 17.6 Å². The van der Waals surface area contributed by atoms with Gasteiger partial charge in [-0.3, -0.25) is 0 Å². The van der Waals surface area contributed by atoms with E-state index in [4.69, 9.17) is 14.2 Å². The average Bonchev–Trinajstić information content (AvgIpc) is 2.83. The molecule has 3 nitrogen and oxygen atoms in total. The summed E-state index contributed by atoms with van der Waals surface area (Å²) in [6.07, 6.45) is 14.4.